The number of rotatable bonds is 4. The lowest BCUT2D eigenvalue weighted by Crippen LogP contribution is -2.69. The van der Waals surface area contributed by atoms with Gasteiger partial charge in [0.05, 0.1) is 18.6 Å². The summed E-state index contributed by atoms with van der Waals surface area (Å²) in [6.07, 6.45) is 0.580. The molecule has 1 heterocycles. The average molecular weight is 333 g/mol. The molecule has 133 valence electrons. The lowest BCUT2D eigenvalue weighted by Gasteiger charge is -2.54. The van der Waals surface area contributed by atoms with Crippen molar-refractivity contribution in [1.29, 1.82) is 0 Å². The number of methoxy groups -OCH3 is 1. The van der Waals surface area contributed by atoms with Gasteiger partial charge < -0.3 is 10.1 Å². The van der Waals surface area contributed by atoms with Crippen LogP contribution in [-0.2, 0) is 14.7 Å². The standard InChI is InChI=1S/C19H29N2O3/c1-13(14-10-8-7-9-11-14)20-15-12-18(2,3)21(23)19(4,5)16(15)17(22)24-6/h7-11,13,15-16,20H,12H2,1-6H3/t13-,15+,16-/m1/s1. The largest absolute Gasteiger partial charge is 0.469 e. The van der Waals surface area contributed by atoms with Crippen molar-refractivity contribution in [3.8, 4) is 0 Å². The van der Waals surface area contributed by atoms with Crippen LogP contribution in [-0.4, -0.2) is 35.3 Å². The molecule has 0 unspecified atom stereocenters. The van der Waals surface area contributed by atoms with Gasteiger partial charge in [0.15, 0.2) is 0 Å². The molecule has 1 aromatic carbocycles. The van der Waals surface area contributed by atoms with Crippen molar-refractivity contribution < 1.29 is 14.7 Å². The molecule has 0 aliphatic carbocycles. The van der Waals surface area contributed by atoms with E-state index in [1.165, 1.54) is 7.11 Å². The summed E-state index contributed by atoms with van der Waals surface area (Å²) >= 11 is 0. The zero-order valence-electron chi connectivity index (χ0n) is 15.5. The number of piperidine rings is 1. The van der Waals surface area contributed by atoms with Crippen molar-refractivity contribution in [2.75, 3.05) is 7.11 Å². The van der Waals surface area contributed by atoms with Crippen LogP contribution in [0.3, 0.4) is 0 Å². The van der Waals surface area contributed by atoms with Crippen molar-refractivity contribution in [2.24, 2.45) is 5.92 Å². The molecule has 0 amide bonds. The van der Waals surface area contributed by atoms with E-state index in [1.54, 1.807) is 0 Å². The number of hydrogen-bond acceptors (Lipinski definition) is 4. The first-order chi connectivity index (χ1) is 11.1. The maximum absolute atomic E-state index is 12.8. The minimum absolute atomic E-state index is 0.0770. The van der Waals surface area contributed by atoms with Crippen molar-refractivity contribution in [1.82, 2.24) is 10.4 Å². The van der Waals surface area contributed by atoms with E-state index in [4.69, 9.17) is 4.74 Å². The SMILES string of the molecule is COC(=O)[C@H]1[C@@H](N[C@H](C)c2ccccc2)CC(C)(C)N([O])C1(C)C. The Morgan fingerprint density at radius 3 is 2.38 bits per heavy atom. The van der Waals surface area contributed by atoms with Gasteiger partial charge in [-0.2, -0.15) is 0 Å². The van der Waals surface area contributed by atoms with Gasteiger partial charge in [-0.05, 0) is 46.6 Å². The molecule has 0 bridgehead atoms. The Kier molecular flexibility index (Phi) is 5.37. The minimum Gasteiger partial charge on any atom is -0.469 e. The Labute approximate surface area is 145 Å². The van der Waals surface area contributed by atoms with Gasteiger partial charge in [0.1, 0.15) is 0 Å². The highest BCUT2D eigenvalue weighted by molar-refractivity contribution is 5.75. The van der Waals surface area contributed by atoms with Crippen molar-refractivity contribution >= 4 is 5.97 Å². The maximum Gasteiger partial charge on any atom is 0.312 e. The first-order valence-electron chi connectivity index (χ1n) is 8.47. The Morgan fingerprint density at radius 1 is 1.25 bits per heavy atom. The van der Waals surface area contributed by atoms with Gasteiger partial charge in [0, 0.05) is 17.6 Å². The number of nitrogens with zero attached hydrogens (tertiary/aromatic N) is 1. The zero-order valence-corrected chi connectivity index (χ0v) is 15.5. The van der Waals surface area contributed by atoms with E-state index >= 15 is 0 Å². The number of nitrogens with one attached hydrogen (secondary N) is 1. The molecule has 0 aromatic heterocycles. The third kappa shape index (κ3) is 3.48. The molecule has 24 heavy (non-hydrogen) atoms. The van der Waals surface area contributed by atoms with Gasteiger partial charge in [-0.1, -0.05) is 30.3 Å². The summed E-state index contributed by atoms with van der Waals surface area (Å²) < 4.78 is 5.01. The Balaban J connectivity index is 2.32. The number of hydrogen-bond donors (Lipinski definition) is 1. The molecule has 0 spiro atoms. The Morgan fingerprint density at radius 2 is 1.83 bits per heavy atom. The van der Waals surface area contributed by atoms with Gasteiger partial charge >= 0.3 is 5.97 Å². The first kappa shape index (κ1) is 18.9. The zero-order chi connectivity index (χ0) is 18.1. The highest BCUT2D eigenvalue weighted by atomic mass is 16.5. The summed E-state index contributed by atoms with van der Waals surface area (Å²) in [6, 6.07) is 10.0. The van der Waals surface area contributed by atoms with E-state index in [2.05, 4.69) is 24.4 Å². The number of hydroxylamine groups is 2. The van der Waals surface area contributed by atoms with Crippen LogP contribution in [0, 0.1) is 5.92 Å². The van der Waals surface area contributed by atoms with Crippen LogP contribution in [0.25, 0.3) is 0 Å². The highest BCUT2D eigenvalue weighted by Crippen LogP contribution is 2.42. The van der Waals surface area contributed by atoms with Crippen LogP contribution < -0.4 is 5.32 Å². The topological polar surface area (TPSA) is 61.5 Å². The van der Waals surface area contributed by atoms with Crippen molar-refractivity contribution in [2.45, 2.75) is 64.2 Å². The average Bonchev–Trinajstić information content (AvgIpc) is 2.53. The summed E-state index contributed by atoms with van der Waals surface area (Å²) in [5.74, 6) is -0.867. The minimum atomic E-state index is -0.844. The van der Waals surface area contributed by atoms with Gasteiger partial charge in [0.2, 0.25) is 0 Å². The molecular weight excluding hydrogens is 304 g/mol. The molecule has 1 aliphatic rings. The third-order valence-electron chi connectivity index (χ3n) is 5.17. The van der Waals surface area contributed by atoms with Gasteiger partial charge in [-0.15, -0.1) is 10.3 Å². The number of esters is 1. The normalized spacial score (nSPS) is 27.5. The quantitative estimate of drug-likeness (QED) is 0.860. The predicted molar refractivity (Wildman–Crippen MR) is 92.6 cm³/mol. The second-order valence-corrected chi connectivity index (χ2v) is 7.87. The monoisotopic (exact) mass is 333 g/mol. The summed E-state index contributed by atoms with van der Waals surface area (Å²) in [4.78, 5) is 12.4. The molecule has 1 fully saturated rings. The predicted octanol–water partition coefficient (Wildman–Crippen LogP) is 3.10. The molecule has 2 rings (SSSR count). The van der Waals surface area contributed by atoms with E-state index in [0.717, 1.165) is 10.6 Å². The van der Waals surface area contributed by atoms with Crippen LogP contribution in [0.4, 0.5) is 0 Å². The summed E-state index contributed by atoms with van der Waals surface area (Å²) in [7, 11) is 1.38. The third-order valence-corrected chi connectivity index (χ3v) is 5.17. The molecule has 5 heteroatoms. The number of carbonyl (C=O) groups excluding carboxylic acids is 1. The second kappa shape index (κ2) is 6.82. The van der Waals surface area contributed by atoms with Gasteiger partial charge in [0.25, 0.3) is 0 Å². The van der Waals surface area contributed by atoms with Crippen LogP contribution in [0.5, 0.6) is 0 Å². The molecule has 1 saturated heterocycles. The van der Waals surface area contributed by atoms with E-state index in [-0.39, 0.29) is 18.1 Å². The fourth-order valence-corrected chi connectivity index (χ4v) is 4.03. The Hall–Kier alpha value is -1.43. The fourth-order valence-electron chi connectivity index (χ4n) is 4.03. The highest BCUT2D eigenvalue weighted by Gasteiger charge is 2.56. The van der Waals surface area contributed by atoms with E-state index in [0.29, 0.717) is 6.42 Å². The summed E-state index contributed by atoms with van der Waals surface area (Å²) in [5.41, 5.74) is -0.244. The number of carbonyl (C=O) groups is 1. The lowest BCUT2D eigenvalue weighted by atomic mass is 9.70. The van der Waals surface area contributed by atoms with E-state index < -0.39 is 17.0 Å². The van der Waals surface area contributed by atoms with E-state index in [1.807, 2.05) is 45.9 Å². The lowest BCUT2D eigenvalue weighted by molar-refractivity contribution is -0.304. The molecule has 1 aromatic rings. The van der Waals surface area contributed by atoms with Crippen molar-refractivity contribution in [3.05, 3.63) is 35.9 Å². The molecule has 1 aliphatic heterocycles. The molecule has 5 nitrogen and oxygen atoms in total. The van der Waals surface area contributed by atoms with Crippen LogP contribution in [0.15, 0.2) is 30.3 Å². The van der Waals surface area contributed by atoms with Gasteiger partial charge in [-0.25, -0.2) is 0 Å². The summed E-state index contributed by atoms with van der Waals surface area (Å²) in [6.45, 7) is 9.58. The number of benzene rings is 1. The molecule has 1 N–H and O–H groups in total. The van der Waals surface area contributed by atoms with Crippen LogP contribution >= 0.6 is 0 Å². The summed E-state index contributed by atoms with van der Waals surface area (Å²) in [5, 5.41) is 17.4. The van der Waals surface area contributed by atoms with Crippen LogP contribution in [0.1, 0.15) is 52.6 Å². The number of ether oxygens (including phenoxy) is 1. The van der Waals surface area contributed by atoms with Crippen LogP contribution in [0.2, 0.25) is 0 Å². The molecule has 3 atom stereocenters. The maximum atomic E-state index is 12.8. The molecule has 1 radical (unpaired) electrons. The smallest absolute Gasteiger partial charge is 0.312 e. The molecule has 0 saturated carbocycles. The fraction of sp³-hybridized carbons (Fsp3) is 0.632. The van der Waals surface area contributed by atoms with Gasteiger partial charge in [-0.3, -0.25) is 4.79 Å². The van der Waals surface area contributed by atoms with Crippen molar-refractivity contribution in [3.63, 3.8) is 0 Å². The Bertz CT molecular complexity index is 571. The second-order valence-electron chi connectivity index (χ2n) is 7.87. The molecular formula is C19H29N2O3. The first-order valence-corrected chi connectivity index (χ1v) is 8.47. The van der Waals surface area contributed by atoms with E-state index in [9.17, 15) is 10.0 Å².